The molecular formula is C74H44N8O. The average molecular weight is 1060 g/mol. The number of furan rings is 1. The van der Waals surface area contributed by atoms with Crippen molar-refractivity contribution in [2.45, 2.75) is 0 Å². The van der Waals surface area contributed by atoms with Gasteiger partial charge in [-0.05, 0) is 90.0 Å². The maximum Gasteiger partial charge on any atom is 0.238 e. The van der Waals surface area contributed by atoms with Crippen molar-refractivity contribution in [3.63, 3.8) is 0 Å². The first-order valence-electron chi connectivity index (χ1n) is 28.0. The molecule has 7 heterocycles. The Bertz CT molecular complexity index is 5580. The van der Waals surface area contributed by atoms with E-state index in [0.717, 1.165) is 127 Å². The number of hydrogen-bond acceptors (Lipinski definition) is 5. The smallest absolute Gasteiger partial charge is 0.238 e. The van der Waals surface area contributed by atoms with Crippen LogP contribution in [0.15, 0.2) is 271 Å². The second kappa shape index (κ2) is 17.5. The summed E-state index contributed by atoms with van der Waals surface area (Å²) in [6, 6.07) is 92.7. The van der Waals surface area contributed by atoms with E-state index in [2.05, 4.69) is 243 Å². The molecule has 0 aliphatic carbocycles. The Morgan fingerprint density at radius 2 is 0.783 bits per heavy atom. The maximum absolute atomic E-state index is 6.54. The number of hydrogen-bond donors (Lipinski definition) is 0. The Hall–Kier alpha value is -11.4. The van der Waals surface area contributed by atoms with Crippen LogP contribution in [-0.2, 0) is 0 Å². The fourth-order valence-electron chi connectivity index (χ4n) is 13.3. The van der Waals surface area contributed by atoms with Gasteiger partial charge in [-0.3, -0.25) is 4.57 Å². The Morgan fingerprint density at radius 3 is 1.40 bits per heavy atom. The van der Waals surface area contributed by atoms with Gasteiger partial charge in [-0.1, -0.05) is 182 Å². The minimum absolute atomic E-state index is 0.537. The lowest BCUT2D eigenvalue weighted by atomic mass is 9.95. The molecular weight excluding hydrogens is 1020 g/mol. The molecule has 0 unspecified atom stereocenters. The SMILES string of the molecule is c1ccc(-c2nc(-c3ccccc3)nc(-n3c4ccccc4c4cc(-c5ccc6c7ccccc7n(-c7ccc8oc9ncc(-n%10c%11ccccc%11c%11ccccc%11%10)cc9c8c7)c6c5)c5c6ccccc6n(-c6ccccc6)c5c43)n2)cc1. The van der Waals surface area contributed by atoms with Gasteiger partial charge in [0.2, 0.25) is 11.7 Å². The summed E-state index contributed by atoms with van der Waals surface area (Å²) < 4.78 is 16.0. The third-order valence-corrected chi connectivity index (χ3v) is 16.9. The predicted molar refractivity (Wildman–Crippen MR) is 339 cm³/mol. The van der Waals surface area contributed by atoms with Crippen LogP contribution in [0.25, 0.3) is 166 Å². The number of fused-ring (bicyclic) bond motifs is 16. The summed E-state index contributed by atoms with van der Waals surface area (Å²) in [6.45, 7) is 0. The van der Waals surface area contributed by atoms with Gasteiger partial charge in [0.1, 0.15) is 5.58 Å². The van der Waals surface area contributed by atoms with E-state index in [1.165, 1.54) is 16.2 Å². The molecule has 9 heteroatoms. The number of para-hydroxylation sites is 6. The Morgan fingerprint density at radius 1 is 0.289 bits per heavy atom. The molecule has 0 spiro atoms. The Balaban J connectivity index is 0.905. The third-order valence-electron chi connectivity index (χ3n) is 16.9. The minimum atomic E-state index is 0.537. The van der Waals surface area contributed by atoms with Crippen LogP contribution in [0.3, 0.4) is 0 Å². The molecule has 18 aromatic rings. The lowest BCUT2D eigenvalue weighted by Gasteiger charge is -2.15. The van der Waals surface area contributed by atoms with Gasteiger partial charge in [-0.2, -0.15) is 9.97 Å². The van der Waals surface area contributed by atoms with E-state index < -0.39 is 0 Å². The summed E-state index contributed by atoms with van der Waals surface area (Å²) in [5, 5.41) is 11.1. The second-order valence-electron chi connectivity index (χ2n) is 21.4. The van der Waals surface area contributed by atoms with Crippen molar-refractivity contribution in [2.75, 3.05) is 0 Å². The summed E-state index contributed by atoms with van der Waals surface area (Å²) in [6.07, 6.45) is 1.93. The molecule has 7 aromatic heterocycles. The van der Waals surface area contributed by atoms with Gasteiger partial charge in [-0.15, -0.1) is 0 Å². The zero-order valence-corrected chi connectivity index (χ0v) is 44.4. The van der Waals surface area contributed by atoms with Gasteiger partial charge < -0.3 is 18.1 Å². The molecule has 0 aliphatic rings. The number of benzene rings is 11. The molecule has 0 N–H and O–H groups in total. The van der Waals surface area contributed by atoms with Crippen LogP contribution in [0.2, 0.25) is 0 Å². The van der Waals surface area contributed by atoms with E-state index in [0.29, 0.717) is 23.3 Å². The van der Waals surface area contributed by atoms with Gasteiger partial charge >= 0.3 is 0 Å². The lowest BCUT2D eigenvalue weighted by molar-refractivity contribution is 0.654. The zero-order chi connectivity index (χ0) is 54.3. The quantitative estimate of drug-likeness (QED) is 0.159. The average Bonchev–Trinajstić information content (AvgIpc) is 1.76. The molecule has 0 saturated carbocycles. The number of rotatable bonds is 7. The molecule has 0 saturated heterocycles. The molecule has 0 atom stereocenters. The zero-order valence-electron chi connectivity index (χ0n) is 44.4. The topological polar surface area (TPSA) is 84.4 Å². The molecule has 83 heavy (non-hydrogen) atoms. The molecule has 386 valence electrons. The van der Waals surface area contributed by atoms with Crippen LogP contribution in [0.4, 0.5) is 0 Å². The summed E-state index contributed by atoms with van der Waals surface area (Å²) >= 11 is 0. The van der Waals surface area contributed by atoms with E-state index in [1.807, 2.05) is 42.6 Å². The normalized spacial score (nSPS) is 12.1. The first kappa shape index (κ1) is 45.4. The molecule has 0 aliphatic heterocycles. The van der Waals surface area contributed by atoms with E-state index in [9.17, 15) is 0 Å². The highest BCUT2D eigenvalue weighted by atomic mass is 16.3. The monoisotopic (exact) mass is 1060 g/mol. The van der Waals surface area contributed by atoms with Crippen molar-refractivity contribution in [2.24, 2.45) is 0 Å². The summed E-state index contributed by atoms with van der Waals surface area (Å²) in [5.41, 5.74) is 17.1. The standard InChI is InChI=1S/C74H44N8O/c1-4-20-45(21-5-1)71-76-72(46-22-6-2-7-23-46)78-74(77-71)82-64-34-18-13-29-54(64)59-43-57(68-56-30-14-19-35-65(56)81(70(68)69(59)82)48-24-8-3-9-25-48)47-36-38-55-53-28-12-15-31-61(53)79(66(55)40-47)49-37-39-67-58(41-49)60-42-50(44-75-73(60)83-67)80-62-32-16-10-26-51(62)52-27-11-17-33-63(52)80/h1-44H. The maximum atomic E-state index is 6.54. The number of pyridine rings is 1. The van der Waals surface area contributed by atoms with Crippen molar-refractivity contribution >= 4 is 109 Å². The Kier molecular flexibility index (Phi) is 9.60. The predicted octanol–water partition coefficient (Wildman–Crippen LogP) is 18.6. The molecule has 18 rings (SSSR count). The molecule has 9 nitrogen and oxygen atoms in total. The molecule has 0 radical (unpaired) electrons. The highest BCUT2D eigenvalue weighted by Crippen LogP contribution is 2.48. The van der Waals surface area contributed by atoms with E-state index in [4.69, 9.17) is 24.4 Å². The highest BCUT2D eigenvalue weighted by Gasteiger charge is 2.27. The van der Waals surface area contributed by atoms with Crippen molar-refractivity contribution in [1.29, 1.82) is 0 Å². The first-order valence-corrected chi connectivity index (χ1v) is 28.0. The molecule has 0 amide bonds. The van der Waals surface area contributed by atoms with Crippen LogP contribution in [0.1, 0.15) is 0 Å². The second-order valence-corrected chi connectivity index (χ2v) is 21.4. The number of nitrogens with zero attached hydrogens (tertiary/aromatic N) is 8. The molecule has 11 aromatic carbocycles. The third kappa shape index (κ3) is 6.70. The summed E-state index contributed by atoms with van der Waals surface area (Å²) in [4.78, 5) is 20.9. The van der Waals surface area contributed by atoms with E-state index in [1.54, 1.807) is 0 Å². The lowest BCUT2D eigenvalue weighted by Crippen LogP contribution is -2.07. The number of aromatic nitrogens is 8. The summed E-state index contributed by atoms with van der Waals surface area (Å²) in [7, 11) is 0. The van der Waals surface area contributed by atoms with Crippen LogP contribution in [-0.4, -0.2) is 38.2 Å². The van der Waals surface area contributed by atoms with Gasteiger partial charge in [0.25, 0.3) is 0 Å². The van der Waals surface area contributed by atoms with Gasteiger partial charge in [0.15, 0.2) is 11.6 Å². The highest BCUT2D eigenvalue weighted by molar-refractivity contribution is 6.28. The minimum Gasteiger partial charge on any atom is -0.438 e. The molecule has 0 bridgehead atoms. The van der Waals surface area contributed by atoms with Crippen LogP contribution < -0.4 is 0 Å². The van der Waals surface area contributed by atoms with Crippen molar-refractivity contribution < 1.29 is 4.42 Å². The van der Waals surface area contributed by atoms with Crippen molar-refractivity contribution in [1.82, 2.24) is 38.2 Å². The first-order chi connectivity index (χ1) is 41.2. The van der Waals surface area contributed by atoms with Gasteiger partial charge in [-0.25, -0.2) is 9.97 Å². The van der Waals surface area contributed by atoms with E-state index in [-0.39, 0.29) is 0 Å². The summed E-state index contributed by atoms with van der Waals surface area (Å²) in [5.74, 6) is 1.73. The fraction of sp³-hybridized carbons (Fsp3) is 0. The van der Waals surface area contributed by atoms with Crippen molar-refractivity contribution in [3.05, 3.63) is 267 Å². The van der Waals surface area contributed by atoms with Gasteiger partial charge in [0.05, 0.1) is 61.4 Å². The fourth-order valence-corrected chi connectivity index (χ4v) is 13.3. The Labute approximate surface area is 473 Å². The van der Waals surface area contributed by atoms with E-state index >= 15 is 0 Å². The van der Waals surface area contributed by atoms with Crippen molar-refractivity contribution in [3.8, 4) is 56.9 Å². The van der Waals surface area contributed by atoms with Crippen LogP contribution in [0.5, 0.6) is 0 Å². The van der Waals surface area contributed by atoms with Crippen LogP contribution in [0, 0.1) is 0 Å². The van der Waals surface area contributed by atoms with Crippen LogP contribution >= 0.6 is 0 Å². The largest absolute Gasteiger partial charge is 0.438 e. The van der Waals surface area contributed by atoms with Gasteiger partial charge in [0, 0.05) is 71.0 Å². The molecule has 0 fully saturated rings.